The summed E-state index contributed by atoms with van der Waals surface area (Å²) in [6.45, 7) is 7.49. The van der Waals surface area contributed by atoms with Crippen LogP contribution in [0, 0.1) is 5.41 Å². The number of aliphatic hydroxyl groups excluding tert-OH is 1. The van der Waals surface area contributed by atoms with Crippen LogP contribution in [-0.4, -0.2) is 24.4 Å². The summed E-state index contributed by atoms with van der Waals surface area (Å²) in [4.78, 5) is 12.5. The third kappa shape index (κ3) is 6.02. The molecule has 0 heterocycles. The lowest BCUT2D eigenvalue weighted by Gasteiger charge is -2.32. The van der Waals surface area contributed by atoms with Gasteiger partial charge in [-0.15, -0.1) is 0 Å². The molecule has 0 radical (unpaired) electrons. The van der Waals surface area contributed by atoms with Crippen LogP contribution < -0.4 is 5.32 Å². The van der Waals surface area contributed by atoms with Crippen molar-refractivity contribution in [3.05, 3.63) is 112 Å². The van der Waals surface area contributed by atoms with Crippen molar-refractivity contribution in [3.63, 3.8) is 0 Å². The fourth-order valence-corrected chi connectivity index (χ4v) is 6.19. The second-order valence-corrected chi connectivity index (χ2v) is 11.5. The molecule has 39 heavy (non-hydrogen) atoms. The Bertz CT molecular complexity index is 1350. The summed E-state index contributed by atoms with van der Waals surface area (Å²) >= 11 is 0. The van der Waals surface area contributed by atoms with E-state index >= 15 is 0 Å². The van der Waals surface area contributed by atoms with Gasteiger partial charge in [-0.05, 0) is 83.0 Å². The van der Waals surface area contributed by atoms with Gasteiger partial charge >= 0.3 is 6.09 Å². The zero-order valence-corrected chi connectivity index (χ0v) is 23.2. The number of fused-ring (bicyclic) bond motifs is 3. The van der Waals surface area contributed by atoms with Gasteiger partial charge in [0.15, 0.2) is 0 Å². The highest BCUT2D eigenvalue weighted by Crippen LogP contribution is 2.44. The van der Waals surface area contributed by atoms with Gasteiger partial charge in [0, 0.05) is 12.5 Å². The second kappa shape index (κ2) is 11.6. The topological polar surface area (TPSA) is 58.6 Å². The molecule has 2 aliphatic carbocycles. The van der Waals surface area contributed by atoms with Crippen LogP contribution in [0.4, 0.5) is 4.79 Å². The highest BCUT2D eigenvalue weighted by atomic mass is 16.5. The van der Waals surface area contributed by atoms with Crippen LogP contribution in [0.2, 0.25) is 0 Å². The number of ether oxygens (including phenoxy) is 1. The molecule has 0 fully saturated rings. The quantitative estimate of drug-likeness (QED) is 0.314. The van der Waals surface area contributed by atoms with E-state index in [9.17, 15) is 9.90 Å². The molecule has 0 aromatic heterocycles. The standard InChI is InChI=1S/C35H39NO3/c1-24-10-9-20-35(2,3)32(24)18-17-25-11-8-12-26(22-25)33(37)19-21-36-34(38)39-23-31-29-15-6-4-13-27(29)28-14-5-7-16-30(28)31/h4-8,11-18,22,31,33,37H,9-10,19-21,23H2,1-3H3,(H,36,38)/t33-/m0/s1. The van der Waals surface area contributed by atoms with Gasteiger partial charge in [-0.25, -0.2) is 4.79 Å². The third-order valence-electron chi connectivity index (χ3n) is 8.31. The van der Waals surface area contributed by atoms with Crippen molar-refractivity contribution in [2.45, 2.75) is 58.5 Å². The molecular formula is C35H39NO3. The zero-order chi connectivity index (χ0) is 27.4. The molecule has 3 aromatic rings. The maximum Gasteiger partial charge on any atom is 0.407 e. The van der Waals surface area contributed by atoms with E-state index in [4.69, 9.17) is 4.74 Å². The molecule has 2 aliphatic rings. The van der Waals surface area contributed by atoms with Gasteiger partial charge in [0.25, 0.3) is 0 Å². The number of aliphatic hydroxyl groups is 1. The van der Waals surface area contributed by atoms with E-state index < -0.39 is 12.2 Å². The Hall–Kier alpha value is -3.63. The maximum atomic E-state index is 12.5. The highest BCUT2D eigenvalue weighted by Gasteiger charge is 2.29. The molecular weight excluding hydrogens is 482 g/mol. The van der Waals surface area contributed by atoms with Crippen LogP contribution >= 0.6 is 0 Å². The lowest BCUT2D eigenvalue weighted by Crippen LogP contribution is -2.27. The Morgan fingerprint density at radius 2 is 1.72 bits per heavy atom. The van der Waals surface area contributed by atoms with E-state index in [1.54, 1.807) is 0 Å². The van der Waals surface area contributed by atoms with E-state index in [1.165, 1.54) is 52.7 Å². The van der Waals surface area contributed by atoms with E-state index in [0.29, 0.717) is 13.0 Å². The molecule has 5 rings (SSSR count). The van der Waals surface area contributed by atoms with Gasteiger partial charge < -0.3 is 15.2 Å². The molecule has 0 saturated carbocycles. The Morgan fingerprint density at radius 1 is 1.03 bits per heavy atom. The number of allylic oxidation sites excluding steroid dienone is 3. The zero-order valence-electron chi connectivity index (χ0n) is 23.2. The van der Waals surface area contributed by atoms with Gasteiger partial charge in [-0.1, -0.05) is 98.3 Å². The monoisotopic (exact) mass is 521 g/mol. The minimum Gasteiger partial charge on any atom is -0.449 e. The molecule has 0 saturated heterocycles. The summed E-state index contributed by atoms with van der Waals surface area (Å²) in [6, 6.07) is 24.6. The lowest BCUT2D eigenvalue weighted by atomic mass is 9.72. The fourth-order valence-electron chi connectivity index (χ4n) is 6.19. The minimum absolute atomic E-state index is 0.0308. The normalized spacial score (nSPS) is 17.1. The van der Waals surface area contributed by atoms with Gasteiger partial charge in [-0.3, -0.25) is 0 Å². The maximum absolute atomic E-state index is 12.5. The van der Waals surface area contributed by atoms with E-state index in [1.807, 2.05) is 42.5 Å². The predicted octanol–water partition coefficient (Wildman–Crippen LogP) is 8.19. The average Bonchev–Trinajstić information content (AvgIpc) is 3.25. The number of benzene rings is 3. The molecule has 3 aromatic carbocycles. The van der Waals surface area contributed by atoms with Gasteiger partial charge in [-0.2, -0.15) is 0 Å². The van der Waals surface area contributed by atoms with Gasteiger partial charge in [0.1, 0.15) is 6.61 Å². The van der Waals surface area contributed by atoms with E-state index in [0.717, 1.165) is 11.1 Å². The first kappa shape index (κ1) is 27.0. The number of carbonyl (C=O) groups is 1. The molecule has 0 spiro atoms. The van der Waals surface area contributed by atoms with Gasteiger partial charge in [0.05, 0.1) is 6.10 Å². The minimum atomic E-state index is -0.667. The summed E-state index contributed by atoms with van der Waals surface area (Å²) in [6.07, 6.45) is 7.31. The SMILES string of the molecule is CC1=C(C=Cc2cccc([C@@H](O)CCNC(=O)OCC3c4ccccc4-c4ccccc43)c2)C(C)(C)CCC1. The number of rotatable bonds is 8. The first-order chi connectivity index (χ1) is 18.8. The second-order valence-electron chi connectivity index (χ2n) is 11.5. The van der Waals surface area contributed by atoms with E-state index in [2.05, 4.69) is 68.6 Å². The number of carbonyl (C=O) groups excluding carboxylic acids is 1. The van der Waals surface area contributed by atoms with Crippen molar-refractivity contribution in [1.82, 2.24) is 5.32 Å². The van der Waals surface area contributed by atoms with Crippen molar-refractivity contribution in [2.24, 2.45) is 5.41 Å². The molecule has 1 amide bonds. The van der Waals surface area contributed by atoms with Crippen molar-refractivity contribution in [2.75, 3.05) is 13.2 Å². The first-order valence-corrected chi connectivity index (χ1v) is 14.1. The van der Waals surface area contributed by atoms with Crippen LogP contribution in [0.1, 0.15) is 80.7 Å². The summed E-state index contributed by atoms with van der Waals surface area (Å²) in [5.74, 6) is 0.0308. The molecule has 2 N–H and O–H groups in total. The largest absolute Gasteiger partial charge is 0.449 e. The number of alkyl carbamates (subject to hydrolysis) is 1. The Morgan fingerprint density at radius 3 is 2.41 bits per heavy atom. The summed E-state index contributed by atoms with van der Waals surface area (Å²) in [7, 11) is 0. The predicted molar refractivity (Wildman–Crippen MR) is 158 cm³/mol. The Kier molecular flexibility index (Phi) is 8.04. The summed E-state index contributed by atoms with van der Waals surface area (Å²) in [5, 5.41) is 13.6. The van der Waals surface area contributed by atoms with Crippen molar-refractivity contribution in [3.8, 4) is 11.1 Å². The number of amides is 1. The van der Waals surface area contributed by atoms with E-state index in [-0.39, 0.29) is 17.9 Å². The molecule has 4 nitrogen and oxygen atoms in total. The number of hydrogen-bond acceptors (Lipinski definition) is 3. The van der Waals surface area contributed by atoms with Crippen molar-refractivity contribution >= 4 is 12.2 Å². The Labute approximate surface area is 232 Å². The molecule has 0 bridgehead atoms. The Balaban J connectivity index is 1.13. The highest BCUT2D eigenvalue weighted by molar-refractivity contribution is 5.79. The van der Waals surface area contributed by atoms with Crippen LogP contribution in [0.5, 0.6) is 0 Å². The van der Waals surface area contributed by atoms with Crippen LogP contribution in [0.15, 0.2) is 90.0 Å². The smallest absolute Gasteiger partial charge is 0.407 e. The average molecular weight is 522 g/mol. The van der Waals surface area contributed by atoms with Crippen molar-refractivity contribution in [1.29, 1.82) is 0 Å². The number of nitrogens with one attached hydrogen (secondary N) is 1. The first-order valence-electron chi connectivity index (χ1n) is 14.1. The lowest BCUT2D eigenvalue weighted by molar-refractivity contribution is 0.136. The molecule has 0 unspecified atom stereocenters. The van der Waals surface area contributed by atoms with Crippen LogP contribution in [0.3, 0.4) is 0 Å². The molecule has 0 aliphatic heterocycles. The third-order valence-corrected chi connectivity index (χ3v) is 8.31. The van der Waals surface area contributed by atoms with Gasteiger partial charge in [0.2, 0.25) is 0 Å². The molecule has 4 heteroatoms. The molecule has 1 atom stereocenters. The number of hydrogen-bond donors (Lipinski definition) is 2. The van der Waals surface area contributed by atoms with Crippen LogP contribution in [0.25, 0.3) is 17.2 Å². The van der Waals surface area contributed by atoms with Crippen LogP contribution in [-0.2, 0) is 4.74 Å². The van der Waals surface area contributed by atoms with Crippen molar-refractivity contribution < 1.29 is 14.6 Å². The molecule has 202 valence electrons. The summed E-state index contributed by atoms with van der Waals surface area (Å²) in [5.41, 5.74) is 9.79. The summed E-state index contributed by atoms with van der Waals surface area (Å²) < 4.78 is 5.62. The fraction of sp³-hybridized carbons (Fsp3) is 0.343.